The molecule has 0 spiro atoms. The van der Waals surface area contributed by atoms with Crippen LogP contribution in [0.5, 0.6) is 0 Å². The zero-order chi connectivity index (χ0) is 15.7. The SMILES string of the molecule is CCOCCO[C@H](C)C(=O)N[C@H](C)Cc1cccc(Cl)c1. The molecule has 0 radical (unpaired) electrons. The first-order chi connectivity index (χ1) is 10.0. The lowest BCUT2D eigenvalue weighted by Crippen LogP contribution is -2.41. The summed E-state index contributed by atoms with van der Waals surface area (Å²) in [6, 6.07) is 7.67. The molecule has 0 fully saturated rings. The smallest absolute Gasteiger partial charge is 0.249 e. The van der Waals surface area contributed by atoms with Gasteiger partial charge in [-0.05, 0) is 44.9 Å². The van der Waals surface area contributed by atoms with Gasteiger partial charge in [0.25, 0.3) is 0 Å². The van der Waals surface area contributed by atoms with E-state index in [4.69, 9.17) is 21.1 Å². The first kappa shape index (κ1) is 18.0. The molecule has 5 heteroatoms. The van der Waals surface area contributed by atoms with E-state index in [0.29, 0.717) is 24.8 Å². The fraction of sp³-hybridized carbons (Fsp3) is 0.562. The maximum absolute atomic E-state index is 12.0. The van der Waals surface area contributed by atoms with Crippen LogP contribution in [0.3, 0.4) is 0 Å². The van der Waals surface area contributed by atoms with Crippen LogP contribution in [0.1, 0.15) is 26.3 Å². The van der Waals surface area contributed by atoms with Gasteiger partial charge in [0.05, 0.1) is 13.2 Å². The summed E-state index contributed by atoms with van der Waals surface area (Å²) in [5.41, 5.74) is 1.10. The average Bonchev–Trinajstić information content (AvgIpc) is 2.43. The molecule has 4 nitrogen and oxygen atoms in total. The molecule has 0 aliphatic heterocycles. The zero-order valence-corrected chi connectivity index (χ0v) is 13.7. The van der Waals surface area contributed by atoms with E-state index in [2.05, 4.69) is 5.32 Å². The van der Waals surface area contributed by atoms with Crippen molar-refractivity contribution < 1.29 is 14.3 Å². The van der Waals surface area contributed by atoms with E-state index < -0.39 is 6.10 Å². The minimum Gasteiger partial charge on any atom is -0.379 e. The van der Waals surface area contributed by atoms with E-state index >= 15 is 0 Å². The number of amides is 1. The summed E-state index contributed by atoms with van der Waals surface area (Å²) in [7, 11) is 0. The van der Waals surface area contributed by atoms with Crippen molar-refractivity contribution in [2.24, 2.45) is 0 Å². The first-order valence-electron chi connectivity index (χ1n) is 7.27. The number of hydrogen-bond donors (Lipinski definition) is 1. The summed E-state index contributed by atoms with van der Waals surface area (Å²) in [5.74, 6) is -0.110. The third kappa shape index (κ3) is 7.46. The Bertz CT molecular complexity index is 439. The van der Waals surface area contributed by atoms with Crippen LogP contribution in [-0.4, -0.2) is 37.9 Å². The van der Waals surface area contributed by atoms with Crippen LogP contribution in [-0.2, 0) is 20.7 Å². The number of carbonyl (C=O) groups excluding carboxylic acids is 1. The highest BCUT2D eigenvalue weighted by molar-refractivity contribution is 6.30. The van der Waals surface area contributed by atoms with Gasteiger partial charge >= 0.3 is 0 Å². The Labute approximate surface area is 131 Å². The van der Waals surface area contributed by atoms with E-state index in [1.807, 2.05) is 38.1 Å². The Balaban J connectivity index is 2.32. The minimum absolute atomic E-state index is 0.0221. The second-order valence-electron chi connectivity index (χ2n) is 4.95. The van der Waals surface area contributed by atoms with E-state index in [1.54, 1.807) is 6.92 Å². The van der Waals surface area contributed by atoms with Gasteiger partial charge in [0.15, 0.2) is 0 Å². The maximum Gasteiger partial charge on any atom is 0.249 e. The molecule has 0 aliphatic carbocycles. The molecule has 1 N–H and O–H groups in total. The summed E-state index contributed by atoms with van der Waals surface area (Å²) in [6.07, 6.45) is 0.255. The highest BCUT2D eigenvalue weighted by Crippen LogP contribution is 2.12. The molecule has 0 saturated carbocycles. The summed E-state index contributed by atoms with van der Waals surface area (Å²) >= 11 is 5.95. The predicted molar refractivity (Wildman–Crippen MR) is 84.7 cm³/mol. The van der Waals surface area contributed by atoms with E-state index in [9.17, 15) is 4.79 Å². The van der Waals surface area contributed by atoms with Gasteiger partial charge in [0.1, 0.15) is 6.10 Å². The Morgan fingerprint density at radius 3 is 2.76 bits per heavy atom. The van der Waals surface area contributed by atoms with Crippen LogP contribution < -0.4 is 5.32 Å². The van der Waals surface area contributed by atoms with Crippen molar-refractivity contribution in [2.75, 3.05) is 19.8 Å². The van der Waals surface area contributed by atoms with Crippen LogP contribution in [0, 0.1) is 0 Å². The van der Waals surface area contributed by atoms with E-state index in [0.717, 1.165) is 12.0 Å². The summed E-state index contributed by atoms with van der Waals surface area (Å²) in [6.45, 7) is 7.21. The van der Waals surface area contributed by atoms with Gasteiger partial charge in [-0.3, -0.25) is 4.79 Å². The molecule has 2 atom stereocenters. The van der Waals surface area contributed by atoms with Crippen molar-refractivity contribution in [1.82, 2.24) is 5.32 Å². The topological polar surface area (TPSA) is 47.6 Å². The molecule has 0 aromatic heterocycles. The molecule has 1 rings (SSSR count). The molecule has 0 bridgehead atoms. The van der Waals surface area contributed by atoms with Crippen molar-refractivity contribution in [3.8, 4) is 0 Å². The third-order valence-electron chi connectivity index (χ3n) is 2.99. The van der Waals surface area contributed by atoms with E-state index in [-0.39, 0.29) is 11.9 Å². The zero-order valence-electron chi connectivity index (χ0n) is 12.9. The summed E-state index contributed by atoms with van der Waals surface area (Å²) in [5, 5.41) is 3.65. The Kier molecular flexibility index (Phi) is 8.35. The van der Waals surface area contributed by atoms with Gasteiger partial charge in [0, 0.05) is 17.7 Å². The minimum atomic E-state index is -0.479. The largest absolute Gasteiger partial charge is 0.379 e. The molecular formula is C16H24ClNO3. The highest BCUT2D eigenvalue weighted by atomic mass is 35.5. The highest BCUT2D eigenvalue weighted by Gasteiger charge is 2.15. The fourth-order valence-electron chi connectivity index (χ4n) is 1.93. The van der Waals surface area contributed by atoms with Crippen molar-refractivity contribution in [3.05, 3.63) is 34.9 Å². The Hall–Kier alpha value is -1.10. The molecule has 0 unspecified atom stereocenters. The second kappa shape index (κ2) is 9.77. The maximum atomic E-state index is 12.0. The third-order valence-corrected chi connectivity index (χ3v) is 3.22. The van der Waals surface area contributed by atoms with Crippen LogP contribution in [0.4, 0.5) is 0 Å². The lowest BCUT2D eigenvalue weighted by atomic mass is 10.1. The molecule has 0 saturated heterocycles. The number of ether oxygens (including phenoxy) is 2. The van der Waals surface area contributed by atoms with Gasteiger partial charge in [-0.15, -0.1) is 0 Å². The number of nitrogens with one attached hydrogen (secondary N) is 1. The summed E-state index contributed by atoms with van der Waals surface area (Å²) in [4.78, 5) is 12.0. The molecule has 21 heavy (non-hydrogen) atoms. The molecular weight excluding hydrogens is 290 g/mol. The monoisotopic (exact) mass is 313 g/mol. The van der Waals surface area contributed by atoms with Gasteiger partial charge in [0.2, 0.25) is 5.91 Å². The van der Waals surface area contributed by atoms with Crippen molar-refractivity contribution in [3.63, 3.8) is 0 Å². The molecule has 0 aliphatic rings. The average molecular weight is 314 g/mol. The van der Waals surface area contributed by atoms with Gasteiger partial charge in [-0.2, -0.15) is 0 Å². The van der Waals surface area contributed by atoms with Gasteiger partial charge in [-0.25, -0.2) is 0 Å². The van der Waals surface area contributed by atoms with Crippen LogP contribution in [0.25, 0.3) is 0 Å². The van der Waals surface area contributed by atoms with Crippen LogP contribution in [0.2, 0.25) is 5.02 Å². The number of hydrogen-bond acceptors (Lipinski definition) is 3. The van der Waals surface area contributed by atoms with Crippen molar-refractivity contribution in [1.29, 1.82) is 0 Å². The predicted octanol–water partition coefficient (Wildman–Crippen LogP) is 2.83. The van der Waals surface area contributed by atoms with Crippen molar-refractivity contribution >= 4 is 17.5 Å². The number of benzene rings is 1. The number of rotatable bonds is 9. The molecule has 118 valence electrons. The van der Waals surface area contributed by atoms with Crippen LogP contribution >= 0.6 is 11.6 Å². The number of halogens is 1. The number of carbonyl (C=O) groups is 1. The normalized spacial score (nSPS) is 13.7. The van der Waals surface area contributed by atoms with Crippen molar-refractivity contribution in [2.45, 2.75) is 39.3 Å². The molecule has 0 heterocycles. The molecule has 1 amide bonds. The summed E-state index contributed by atoms with van der Waals surface area (Å²) < 4.78 is 10.6. The van der Waals surface area contributed by atoms with E-state index in [1.165, 1.54) is 0 Å². The molecule has 1 aromatic rings. The fourth-order valence-corrected chi connectivity index (χ4v) is 2.15. The quantitative estimate of drug-likeness (QED) is 0.713. The lowest BCUT2D eigenvalue weighted by Gasteiger charge is -2.18. The van der Waals surface area contributed by atoms with Gasteiger partial charge in [-0.1, -0.05) is 23.7 Å². The first-order valence-corrected chi connectivity index (χ1v) is 7.65. The molecule has 1 aromatic carbocycles. The van der Waals surface area contributed by atoms with Gasteiger partial charge < -0.3 is 14.8 Å². The Morgan fingerprint density at radius 2 is 2.10 bits per heavy atom. The van der Waals surface area contributed by atoms with Crippen LogP contribution in [0.15, 0.2) is 24.3 Å². The lowest BCUT2D eigenvalue weighted by molar-refractivity contribution is -0.133. The Morgan fingerprint density at radius 1 is 1.33 bits per heavy atom. The second-order valence-corrected chi connectivity index (χ2v) is 5.39. The standard InChI is InChI=1S/C16H24ClNO3/c1-4-20-8-9-21-13(3)16(19)18-12(2)10-14-6-5-7-15(17)11-14/h5-7,11-13H,4,8-10H2,1-3H3,(H,18,19)/t12-,13-/m1/s1.